The molecule has 0 spiro atoms. The normalized spacial score (nSPS) is 13.1. The highest BCUT2D eigenvalue weighted by Crippen LogP contribution is 2.25. The van der Waals surface area contributed by atoms with Crippen LogP contribution >= 0.6 is 0 Å². The second-order valence-electron chi connectivity index (χ2n) is 4.25. The molecule has 1 heterocycles. The van der Waals surface area contributed by atoms with E-state index in [0.717, 1.165) is 36.5 Å². The third kappa shape index (κ3) is 3.84. The zero-order valence-electron chi connectivity index (χ0n) is 10.4. The van der Waals surface area contributed by atoms with Crippen LogP contribution in [-0.2, 0) is 22.4 Å². The molecule has 0 saturated heterocycles. The van der Waals surface area contributed by atoms with Gasteiger partial charge >= 0.3 is 5.97 Å². The largest absolute Gasteiger partial charge is 0.493 e. The average molecular weight is 261 g/mol. The molecular formula is C14H15NO4. The lowest BCUT2D eigenvalue weighted by atomic mass is 10.1. The molecule has 2 N–H and O–H groups in total. The summed E-state index contributed by atoms with van der Waals surface area (Å²) >= 11 is 0. The Morgan fingerprint density at radius 3 is 3.00 bits per heavy atom. The van der Waals surface area contributed by atoms with Gasteiger partial charge in [0, 0.05) is 25.1 Å². The minimum atomic E-state index is -1.13. The number of hydrogen-bond acceptors (Lipinski definition) is 3. The summed E-state index contributed by atoms with van der Waals surface area (Å²) in [5.74, 6) is -0.585. The Morgan fingerprint density at radius 1 is 1.37 bits per heavy atom. The molecule has 2 rings (SSSR count). The summed E-state index contributed by atoms with van der Waals surface area (Å²) in [7, 11) is 0. The van der Waals surface area contributed by atoms with Crippen LogP contribution < -0.4 is 10.1 Å². The SMILES string of the molecule is O=C(O)/C=C/C(=O)NCCc1ccc2c(c1)CCO2. The van der Waals surface area contributed by atoms with E-state index in [9.17, 15) is 9.59 Å². The van der Waals surface area contributed by atoms with Gasteiger partial charge in [-0.05, 0) is 23.6 Å². The lowest BCUT2D eigenvalue weighted by Gasteiger charge is -2.05. The minimum absolute atomic E-state index is 0.396. The molecule has 0 radical (unpaired) electrons. The van der Waals surface area contributed by atoms with Crippen LogP contribution in [-0.4, -0.2) is 30.1 Å². The zero-order valence-corrected chi connectivity index (χ0v) is 10.4. The van der Waals surface area contributed by atoms with Crippen molar-refractivity contribution in [1.29, 1.82) is 0 Å². The van der Waals surface area contributed by atoms with Crippen LogP contribution in [0, 0.1) is 0 Å². The summed E-state index contributed by atoms with van der Waals surface area (Å²) < 4.78 is 5.42. The lowest BCUT2D eigenvalue weighted by Crippen LogP contribution is -2.23. The van der Waals surface area contributed by atoms with Gasteiger partial charge in [0.15, 0.2) is 0 Å². The number of fused-ring (bicyclic) bond motifs is 1. The molecule has 0 saturated carbocycles. The number of carbonyl (C=O) groups excluding carboxylic acids is 1. The number of rotatable bonds is 5. The van der Waals surface area contributed by atoms with Gasteiger partial charge in [0.1, 0.15) is 5.75 Å². The highest BCUT2D eigenvalue weighted by Gasteiger charge is 2.11. The Kier molecular flexibility index (Phi) is 4.18. The van der Waals surface area contributed by atoms with Crippen molar-refractivity contribution >= 4 is 11.9 Å². The molecule has 1 aromatic carbocycles. The van der Waals surface area contributed by atoms with Crippen LogP contribution in [0.5, 0.6) is 5.75 Å². The highest BCUT2D eigenvalue weighted by atomic mass is 16.5. The van der Waals surface area contributed by atoms with E-state index in [2.05, 4.69) is 11.4 Å². The van der Waals surface area contributed by atoms with Gasteiger partial charge in [-0.25, -0.2) is 4.79 Å². The number of amides is 1. The number of aliphatic carboxylic acids is 1. The molecule has 1 aliphatic rings. The van der Waals surface area contributed by atoms with Gasteiger partial charge < -0.3 is 15.2 Å². The lowest BCUT2D eigenvalue weighted by molar-refractivity contribution is -0.131. The van der Waals surface area contributed by atoms with Crippen LogP contribution in [0.25, 0.3) is 0 Å². The predicted molar refractivity (Wildman–Crippen MR) is 69.1 cm³/mol. The van der Waals surface area contributed by atoms with Crippen molar-refractivity contribution in [1.82, 2.24) is 5.32 Å². The molecule has 0 fully saturated rings. The monoisotopic (exact) mass is 261 g/mol. The van der Waals surface area contributed by atoms with Crippen LogP contribution in [0.15, 0.2) is 30.4 Å². The first-order valence-corrected chi connectivity index (χ1v) is 6.08. The predicted octanol–water partition coefficient (Wildman–Crippen LogP) is 0.921. The van der Waals surface area contributed by atoms with E-state index in [1.165, 1.54) is 5.56 Å². The van der Waals surface area contributed by atoms with Gasteiger partial charge in [0.25, 0.3) is 0 Å². The van der Waals surface area contributed by atoms with Crippen molar-refractivity contribution in [3.63, 3.8) is 0 Å². The van der Waals surface area contributed by atoms with Gasteiger partial charge in [0.2, 0.25) is 5.91 Å². The molecular weight excluding hydrogens is 246 g/mol. The van der Waals surface area contributed by atoms with Crippen LogP contribution in [0.4, 0.5) is 0 Å². The maximum absolute atomic E-state index is 11.2. The van der Waals surface area contributed by atoms with Gasteiger partial charge in [-0.15, -0.1) is 0 Å². The van der Waals surface area contributed by atoms with Crippen molar-refractivity contribution in [2.24, 2.45) is 0 Å². The second kappa shape index (κ2) is 6.04. The van der Waals surface area contributed by atoms with Gasteiger partial charge in [-0.2, -0.15) is 0 Å². The van der Waals surface area contributed by atoms with Crippen LogP contribution in [0.1, 0.15) is 11.1 Å². The summed E-state index contributed by atoms with van der Waals surface area (Å²) in [5, 5.41) is 11.0. The smallest absolute Gasteiger partial charge is 0.328 e. The summed E-state index contributed by atoms with van der Waals surface area (Å²) in [6.45, 7) is 1.21. The van der Waals surface area contributed by atoms with E-state index >= 15 is 0 Å². The summed E-state index contributed by atoms with van der Waals surface area (Å²) in [5.41, 5.74) is 2.33. The van der Waals surface area contributed by atoms with Crippen molar-refractivity contribution in [2.75, 3.05) is 13.2 Å². The van der Waals surface area contributed by atoms with E-state index in [0.29, 0.717) is 13.0 Å². The Hall–Kier alpha value is -2.30. The first-order valence-electron chi connectivity index (χ1n) is 6.08. The Labute approximate surface area is 110 Å². The molecule has 0 bridgehead atoms. The molecule has 5 nitrogen and oxygen atoms in total. The first-order chi connectivity index (χ1) is 9.15. The number of carboxylic acids is 1. The van der Waals surface area contributed by atoms with Gasteiger partial charge in [-0.3, -0.25) is 4.79 Å². The van der Waals surface area contributed by atoms with E-state index in [1.54, 1.807) is 0 Å². The molecule has 19 heavy (non-hydrogen) atoms. The molecule has 0 aliphatic carbocycles. The first kappa shape index (κ1) is 13.1. The van der Waals surface area contributed by atoms with E-state index in [-0.39, 0.29) is 0 Å². The molecule has 100 valence electrons. The Morgan fingerprint density at radius 2 is 2.21 bits per heavy atom. The molecule has 1 amide bonds. The topological polar surface area (TPSA) is 75.6 Å². The molecule has 5 heteroatoms. The number of hydrogen-bond donors (Lipinski definition) is 2. The third-order valence-corrected chi connectivity index (χ3v) is 2.84. The molecule has 0 unspecified atom stereocenters. The molecule has 0 atom stereocenters. The summed E-state index contributed by atoms with van der Waals surface area (Å²) in [6, 6.07) is 6.01. The Bertz CT molecular complexity index is 522. The van der Waals surface area contributed by atoms with Crippen molar-refractivity contribution < 1.29 is 19.4 Å². The van der Waals surface area contributed by atoms with E-state index < -0.39 is 11.9 Å². The Balaban J connectivity index is 1.80. The maximum atomic E-state index is 11.2. The van der Waals surface area contributed by atoms with Crippen LogP contribution in [0.3, 0.4) is 0 Å². The second-order valence-corrected chi connectivity index (χ2v) is 4.25. The third-order valence-electron chi connectivity index (χ3n) is 2.84. The molecule has 1 aromatic rings. The van der Waals surface area contributed by atoms with Gasteiger partial charge in [0.05, 0.1) is 6.61 Å². The highest BCUT2D eigenvalue weighted by molar-refractivity contribution is 5.93. The average Bonchev–Trinajstić information content (AvgIpc) is 2.83. The zero-order chi connectivity index (χ0) is 13.7. The number of nitrogens with one attached hydrogen (secondary N) is 1. The standard InChI is InChI=1S/C14H15NO4/c16-13(3-4-14(17)18)15-7-5-10-1-2-12-11(9-10)6-8-19-12/h1-4,9H,5-8H2,(H,15,16)(H,17,18)/b4-3+. The number of carbonyl (C=O) groups is 2. The molecule has 1 aliphatic heterocycles. The molecule has 0 aromatic heterocycles. The van der Waals surface area contributed by atoms with Gasteiger partial charge in [-0.1, -0.05) is 12.1 Å². The fourth-order valence-electron chi connectivity index (χ4n) is 1.93. The van der Waals surface area contributed by atoms with Crippen LogP contribution in [0.2, 0.25) is 0 Å². The van der Waals surface area contributed by atoms with Crippen molar-refractivity contribution in [3.05, 3.63) is 41.5 Å². The fourth-order valence-corrected chi connectivity index (χ4v) is 1.93. The van der Waals surface area contributed by atoms with Crippen molar-refractivity contribution in [3.8, 4) is 5.75 Å². The summed E-state index contributed by atoms with van der Waals surface area (Å²) in [4.78, 5) is 21.5. The van der Waals surface area contributed by atoms with E-state index in [1.807, 2.05) is 12.1 Å². The number of carboxylic acid groups (broad SMARTS) is 1. The number of benzene rings is 1. The van der Waals surface area contributed by atoms with Crippen molar-refractivity contribution in [2.45, 2.75) is 12.8 Å². The fraction of sp³-hybridized carbons (Fsp3) is 0.286. The number of ether oxygens (including phenoxy) is 1. The quantitative estimate of drug-likeness (QED) is 0.773. The maximum Gasteiger partial charge on any atom is 0.328 e. The van der Waals surface area contributed by atoms with E-state index in [4.69, 9.17) is 9.84 Å². The summed E-state index contributed by atoms with van der Waals surface area (Å²) in [6.07, 6.45) is 3.47. The minimum Gasteiger partial charge on any atom is -0.493 e.